The molecule has 1 heterocycles. The van der Waals surface area contributed by atoms with E-state index >= 15 is 0 Å². The Morgan fingerprint density at radius 2 is 1.80 bits per heavy atom. The van der Waals surface area contributed by atoms with Crippen LogP contribution in [0.5, 0.6) is 0 Å². The number of nitrogens with zero attached hydrogens (tertiary/aromatic N) is 4. The first-order valence-corrected chi connectivity index (χ1v) is 8.14. The third-order valence-corrected chi connectivity index (χ3v) is 3.31. The first-order valence-electron chi connectivity index (χ1n) is 8.14. The van der Waals surface area contributed by atoms with E-state index in [1.54, 1.807) is 0 Å². The molecule has 0 atom stereocenters. The Labute approximate surface area is 147 Å². The van der Waals surface area contributed by atoms with E-state index in [1.165, 1.54) is 5.56 Å². The zero-order valence-electron chi connectivity index (χ0n) is 15.2. The van der Waals surface area contributed by atoms with Crippen LogP contribution in [-0.4, -0.2) is 37.7 Å². The monoisotopic (exact) mass is 344 g/mol. The van der Waals surface area contributed by atoms with E-state index in [4.69, 9.17) is 0 Å². The quantitative estimate of drug-likeness (QED) is 0.884. The number of rotatable bonds is 4. The molecule has 0 fully saturated rings. The highest BCUT2D eigenvalue weighted by Crippen LogP contribution is 2.19. The molecule has 8 nitrogen and oxygen atoms in total. The molecule has 0 aliphatic carbocycles. The number of aromatic nitrogens is 4. The number of imide groups is 1. The molecule has 0 unspecified atom stereocenters. The van der Waals surface area contributed by atoms with Gasteiger partial charge in [0.25, 0.3) is 5.91 Å². The number of nitrogens with one attached hydrogen (secondary N) is 2. The van der Waals surface area contributed by atoms with Crippen LogP contribution in [0.15, 0.2) is 24.3 Å². The standard InChI is InChI=1S/C17H24N6O2/c1-11(2)12-6-8-13(9-7-12)15-20-22-23(21-15)10-14(24)18-16(25)19-17(3,4)5/h6-9,11H,10H2,1-5H3,(H2,18,19,24,25). The van der Waals surface area contributed by atoms with Gasteiger partial charge in [-0.05, 0) is 37.5 Å². The third-order valence-electron chi connectivity index (χ3n) is 3.31. The molecular weight excluding hydrogens is 320 g/mol. The molecule has 8 heteroatoms. The maximum Gasteiger partial charge on any atom is 0.321 e. The second-order valence-corrected chi connectivity index (χ2v) is 7.17. The molecule has 2 N–H and O–H groups in total. The molecule has 2 rings (SSSR count). The average molecular weight is 344 g/mol. The minimum Gasteiger partial charge on any atom is -0.333 e. The van der Waals surface area contributed by atoms with E-state index < -0.39 is 17.5 Å². The van der Waals surface area contributed by atoms with Gasteiger partial charge < -0.3 is 5.32 Å². The molecule has 0 radical (unpaired) electrons. The fourth-order valence-electron chi connectivity index (χ4n) is 2.11. The van der Waals surface area contributed by atoms with Crippen LogP contribution in [0.2, 0.25) is 0 Å². The number of benzene rings is 1. The van der Waals surface area contributed by atoms with Crippen LogP contribution in [0.1, 0.15) is 46.1 Å². The van der Waals surface area contributed by atoms with Crippen molar-refractivity contribution in [1.29, 1.82) is 0 Å². The maximum atomic E-state index is 11.9. The molecule has 2 aromatic rings. The molecule has 0 spiro atoms. The number of urea groups is 1. The molecule has 0 bridgehead atoms. The van der Waals surface area contributed by atoms with Gasteiger partial charge in [0.2, 0.25) is 5.82 Å². The number of carbonyl (C=O) groups is 2. The summed E-state index contributed by atoms with van der Waals surface area (Å²) >= 11 is 0. The highest BCUT2D eigenvalue weighted by atomic mass is 16.2. The Morgan fingerprint density at radius 3 is 2.36 bits per heavy atom. The van der Waals surface area contributed by atoms with E-state index in [0.717, 1.165) is 10.4 Å². The Balaban J connectivity index is 1.97. The molecule has 3 amide bonds. The van der Waals surface area contributed by atoms with Gasteiger partial charge >= 0.3 is 6.03 Å². The first kappa shape index (κ1) is 18.6. The van der Waals surface area contributed by atoms with Crippen LogP contribution in [0.25, 0.3) is 11.4 Å². The second kappa shape index (κ2) is 7.42. The molecule has 0 saturated carbocycles. The lowest BCUT2D eigenvalue weighted by Crippen LogP contribution is -2.49. The summed E-state index contributed by atoms with van der Waals surface area (Å²) in [7, 11) is 0. The zero-order valence-corrected chi connectivity index (χ0v) is 15.2. The van der Waals surface area contributed by atoms with Gasteiger partial charge in [-0.3, -0.25) is 10.1 Å². The lowest BCUT2D eigenvalue weighted by Gasteiger charge is -2.20. The molecular formula is C17H24N6O2. The van der Waals surface area contributed by atoms with Crippen molar-refractivity contribution in [3.05, 3.63) is 29.8 Å². The number of tetrazole rings is 1. The summed E-state index contributed by atoms with van der Waals surface area (Å²) in [5.41, 5.74) is 1.62. The van der Waals surface area contributed by atoms with Crippen molar-refractivity contribution in [3.8, 4) is 11.4 Å². The second-order valence-electron chi connectivity index (χ2n) is 7.17. The van der Waals surface area contributed by atoms with Crippen molar-refractivity contribution in [2.24, 2.45) is 0 Å². The highest BCUT2D eigenvalue weighted by molar-refractivity contribution is 5.94. The normalized spacial score (nSPS) is 11.4. The van der Waals surface area contributed by atoms with Gasteiger partial charge in [0, 0.05) is 11.1 Å². The lowest BCUT2D eigenvalue weighted by molar-refractivity contribution is -0.121. The van der Waals surface area contributed by atoms with Crippen molar-refractivity contribution in [2.45, 2.75) is 52.6 Å². The van der Waals surface area contributed by atoms with E-state index in [-0.39, 0.29) is 6.54 Å². The van der Waals surface area contributed by atoms with Gasteiger partial charge in [0.15, 0.2) is 0 Å². The summed E-state index contributed by atoms with van der Waals surface area (Å²) in [6, 6.07) is 7.33. The largest absolute Gasteiger partial charge is 0.333 e. The Hall–Kier alpha value is -2.77. The summed E-state index contributed by atoms with van der Waals surface area (Å²) < 4.78 is 0. The Morgan fingerprint density at radius 1 is 1.16 bits per heavy atom. The van der Waals surface area contributed by atoms with Gasteiger partial charge in [-0.1, -0.05) is 38.1 Å². The average Bonchev–Trinajstić information content (AvgIpc) is 2.93. The lowest BCUT2D eigenvalue weighted by atomic mass is 10.0. The SMILES string of the molecule is CC(C)c1ccc(-c2nnn(CC(=O)NC(=O)NC(C)(C)C)n2)cc1. The predicted molar refractivity (Wildman–Crippen MR) is 93.8 cm³/mol. The molecule has 0 saturated heterocycles. The van der Waals surface area contributed by atoms with Crippen LogP contribution in [0, 0.1) is 0 Å². The summed E-state index contributed by atoms with van der Waals surface area (Å²) in [5.74, 6) is 0.365. The van der Waals surface area contributed by atoms with Gasteiger partial charge in [-0.15, -0.1) is 10.2 Å². The van der Waals surface area contributed by atoms with Crippen molar-refractivity contribution in [2.75, 3.05) is 0 Å². The minimum atomic E-state index is -0.554. The van der Waals surface area contributed by atoms with E-state index in [1.807, 2.05) is 45.0 Å². The fraction of sp³-hybridized carbons (Fsp3) is 0.471. The van der Waals surface area contributed by atoms with Gasteiger partial charge in [0.05, 0.1) is 0 Å². The number of hydrogen-bond donors (Lipinski definition) is 2. The molecule has 25 heavy (non-hydrogen) atoms. The van der Waals surface area contributed by atoms with E-state index in [0.29, 0.717) is 11.7 Å². The van der Waals surface area contributed by atoms with Crippen molar-refractivity contribution in [3.63, 3.8) is 0 Å². The van der Waals surface area contributed by atoms with E-state index in [9.17, 15) is 9.59 Å². The summed E-state index contributed by atoms with van der Waals surface area (Å²) in [5, 5.41) is 16.9. The topological polar surface area (TPSA) is 102 Å². The van der Waals surface area contributed by atoms with Crippen LogP contribution in [0.4, 0.5) is 4.79 Å². The van der Waals surface area contributed by atoms with Gasteiger partial charge in [-0.2, -0.15) is 4.80 Å². The Kier molecular flexibility index (Phi) is 5.51. The number of hydrogen-bond acceptors (Lipinski definition) is 5. The highest BCUT2D eigenvalue weighted by Gasteiger charge is 2.16. The van der Waals surface area contributed by atoms with Gasteiger partial charge in [0.1, 0.15) is 6.54 Å². The summed E-state index contributed by atoms with van der Waals surface area (Å²) in [6.07, 6.45) is 0. The fourth-order valence-corrected chi connectivity index (χ4v) is 2.11. The predicted octanol–water partition coefficient (Wildman–Crippen LogP) is 2.09. The minimum absolute atomic E-state index is 0.186. The molecule has 0 aliphatic rings. The van der Waals surface area contributed by atoms with Crippen molar-refractivity contribution >= 4 is 11.9 Å². The summed E-state index contributed by atoms with van der Waals surface area (Å²) in [6.45, 7) is 9.54. The van der Waals surface area contributed by atoms with Crippen LogP contribution >= 0.6 is 0 Å². The molecule has 1 aromatic heterocycles. The summed E-state index contributed by atoms with van der Waals surface area (Å²) in [4.78, 5) is 24.7. The van der Waals surface area contributed by atoms with Crippen molar-refractivity contribution < 1.29 is 9.59 Å². The van der Waals surface area contributed by atoms with Crippen molar-refractivity contribution in [1.82, 2.24) is 30.8 Å². The first-order chi connectivity index (χ1) is 11.6. The Bertz CT molecular complexity index is 743. The number of carbonyl (C=O) groups excluding carboxylic acids is 2. The zero-order chi connectivity index (χ0) is 18.6. The number of amides is 3. The molecule has 0 aliphatic heterocycles. The third kappa shape index (κ3) is 5.66. The molecule has 1 aromatic carbocycles. The van der Waals surface area contributed by atoms with Gasteiger partial charge in [-0.25, -0.2) is 4.79 Å². The maximum absolute atomic E-state index is 11.9. The molecule has 134 valence electrons. The smallest absolute Gasteiger partial charge is 0.321 e. The van der Waals surface area contributed by atoms with Crippen LogP contribution in [0.3, 0.4) is 0 Å². The van der Waals surface area contributed by atoms with E-state index in [2.05, 4.69) is 39.9 Å². The van der Waals surface area contributed by atoms with Crippen LogP contribution < -0.4 is 10.6 Å². The van der Waals surface area contributed by atoms with Crippen LogP contribution in [-0.2, 0) is 11.3 Å².